The number of carbonyl (C=O) groups excluding carboxylic acids is 1. The minimum atomic E-state index is -0.00148. The maximum absolute atomic E-state index is 12.9. The predicted molar refractivity (Wildman–Crippen MR) is 119 cm³/mol. The first-order valence-electron chi connectivity index (χ1n) is 10.4. The van der Waals surface area contributed by atoms with Crippen molar-refractivity contribution in [3.63, 3.8) is 0 Å². The molecular weight excluding hydrogens is 374 g/mol. The zero-order chi connectivity index (χ0) is 20.3. The second kappa shape index (κ2) is 8.16. The molecule has 0 spiro atoms. The summed E-state index contributed by atoms with van der Waals surface area (Å²) in [7, 11) is 0. The molecule has 30 heavy (non-hydrogen) atoms. The van der Waals surface area contributed by atoms with Crippen LogP contribution >= 0.6 is 0 Å². The maximum Gasteiger partial charge on any atom is 0.228 e. The molecule has 2 aromatic heterocycles. The summed E-state index contributed by atoms with van der Waals surface area (Å²) in [6.45, 7) is 2.59. The number of hydrogen-bond acceptors (Lipinski definition) is 3. The lowest BCUT2D eigenvalue weighted by Crippen LogP contribution is -2.40. The molecule has 1 aliphatic heterocycles. The van der Waals surface area contributed by atoms with E-state index in [0.717, 1.165) is 60.6 Å². The smallest absolute Gasteiger partial charge is 0.228 e. The molecule has 0 radical (unpaired) electrons. The van der Waals surface area contributed by atoms with Crippen molar-refractivity contribution >= 4 is 22.5 Å². The van der Waals surface area contributed by atoms with Gasteiger partial charge >= 0.3 is 0 Å². The lowest BCUT2D eigenvalue weighted by Gasteiger charge is -2.31. The fourth-order valence-electron chi connectivity index (χ4n) is 4.26. The van der Waals surface area contributed by atoms with E-state index in [-0.39, 0.29) is 11.8 Å². The van der Waals surface area contributed by atoms with Gasteiger partial charge in [-0.15, -0.1) is 0 Å². The van der Waals surface area contributed by atoms with Gasteiger partial charge in [-0.05, 0) is 49.7 Å². The van der Waals surface area contributed by atoms with Crippen LogP contribution in [0.15, 0.2) is 66.9 Å². The first-order chi connectivity index (χ1) is 14.7. The van der Waals surface area contributed by atoms with Gasteiger partial charge in [0.25, 0.3) is 0 Å². The van der Waals surface area contributed by atoms with Gasteiger partial charge in [0, 0.05) is 52.8 Å². The van der Waals surface area contributed by atoms with Gasteiger partial charge in [-0.3, -0.25) is 14.8 Å². The summed E-state index contributed by atoms with van der Waals surface area (Å²) in [4.78, 5) is 18.7. The van der Waals surface area contributed by atoms with Crippen molar-refractivity contribution in [2.24, 2.45) is 5.92 Å². The Hall–Kier alpha value is -3.38. The van der Waals surface area contributed by atoms with Crippen LogP contribution in [-0.2, 0) is 11.3 Å². The number of aromatic nitrogens is 3. The van der Waals surface area contributed by atoms with E-state index in [4.69, 9.17) is 0 Å². The number of H-pyrrole nitrogens is 2. The fourth-order valence-corrected chi connectivity index (χ4v) is 4.26. The third-order valence-electron chi connectivity index (χ3n) is 5.80. The van der Waals surface area contributed by atoms with Gasteiger partial charge in [0.2, 0.25) is 5.91 Å². The Morgan fingerprint density at radius 1 is 1.13 bits per heavy atom. The molecule has 1 amide bonds. The Morgan fingerprint density at radius 2 is 2.07 bits per heavy atom. The van der Waals surface area contributed by atoms with Gasteiger partial charge in [0.15, 0.2) is 0 Å². The lowest BCUT2D eigenvalue weighted by atomic mass is 9.96. The summed E-state index contributed by atoms with van der Waals surface area (Å²) < 4.78 is 0. The number of fused-ring (bicyclic) bond motifs is 1. The number of anilines is 1. The minimum Gasteiger partial charge on any atom is -0.355 e. The molecule has 1 atom stereocenters. The molecule has 3 heterocycles. The van der Waals surface area contributed by atoms with E-state index in [2.05, 4.69) is 49.7 Å². The number of hydrogen-bond donors (Lipinski definition) is 3. The van der Waals surface area contributed by atoms with Crippen LogP contribution in [0.3, 0.4) is 0 Å². The molecule has 1 saturated heterocycles. The number of aromatic amines is 2. The molecule has 1 fully saturated rings. The van der Waals surface area contributed by atoms with Crippen molar-refractivity contribution in [1.82, 2.24) is 20.1 Å². The van der Waals surface area contributed by atoms with E-state index >= 15 is 0 Å². The highest BCUT2D eigenvalue weighted by Crippen LogP contribution is 2.27. The van der Waals surface area contributed by atoms with E-state index in [1.807, 2.05) is 36.4 Å². The standard InChI is InChI=1S/C24H25N5O/c30-24(19-7-4-12-29(15-19)16-21-10-11-25-28-21)26-20-8-3-6-17(13-20)23-14-18-5-1-2-9-22(18)27-23/h1-3,5-6,8-11,13-14,19,27H,4,7,12,15-16H2,(H,25,28)(H,26,30). The van der Waals surface area contributed by atoms with Crippen LogP contribution in [0.2, 0.25) is 0 Å². The molecular formula is C24H25N5O. The van der Waals surface area contributed by atoms with Crippen molar-refractivity contribution in [2.45, 2.75) is 19.4 Å². The summed E-state index contributed by atoms with van der Waals surface area (Å²) in [6.07, 6.45) is 3.72. The monoisotopic (exact) mass is 399 g/mol. The Bertz CT molecular complexity index is 1110. The van der Waals surface area contributed by atoms with Crippen LogP contribution in [0.4, 0.5) is 5.69 Å². The van der Waals surface area contributed by atoms with Gasteiger partial charge < -0.3 is 10.3 Å². The Kier molecular flexibility index (Phi) is 5.07. The topological polar surface area (TPSA) is 76.8 Å². The summed E-state index contributed by atoms with van der Waals surface area (Å²) in [5.74, 6) is 0.0940. The van der Waals surface area contributed by atoms with E-state index in [1.54, 1.807) is 6.20 Å². The van der Waals surface area contributed by atoms with Gasteiger partial charge in [0.05, 0.1) is 5.92 Å². The molecule has 0 saturated carbocycles. The van der Waals surface area contributed by atoms with Crippen molar-refractivity contribution in [2.75, 3.05) is 18.4 Å². The normalized spacial score (nSPS) is 17.3. The molecule has 3 N–H and O–H groups in total. The van der Waals surface area contributed by atoms with E-state index < -0.39 is 0 Å². The van der Waals surface area contributed by atoms with Crippen LogP contribution in [0.5, 0.6) is 0 Å². The molecule has 6 heteroatoms. The molecule has 1 unspecified atom stereocenters. The Morgan fingerprint density at radius 3 is 2.93 bits per heavy atom. The molecule has 1 aliphatic rings. The van der Waals surface area contributed by atoms with E-state index in [1.165, 1.54) is 5.39 Å². The number of para-hydroxylation sites is 1. The van der Waals surface area contributed by atoms with Gasteiger partial charge in [0.1, 0.15) is 0 Å². The van der Waals surface area contributed by atoms with E-state index in [9.17, 15) is 4.79 Å². The van der Waals surface area contributed by atoms with Crippen LogP contribution < -0.4 is 5.32 Å². The van der Waals surface area contributed by atoms with Gasteiger partial charge in [-0.2, -0.15) is 5.10 Å². The average Bonchev–Trinajstić information content (AvgIpc) is 3.44. The summed E-state index contributed by atoms with van der Waals surface area (Å²) in [5, 5.41) is 11.3. The number of carbonyl (C=O) groups is 1. The zero-order valence-corrected chi connectivity index (χ0v) is 16.8. The van der Waals surface area contributed by atoms with Crippen LogP contribution in [-0.4, -0.2) is 39.1 Å². The van der Waals surface area contributed by atoms with Crippen LogP contribution in [0.25, 0.3) is 22.2 Å². The second-order valence-corrected chi connectivity index (χ2v) is 8.00. The molecule has 5 rings (SSSR count). The van der Waals surface area contributed by atoms with Crippen molar-refractivity contribution < 1.29 is 4.79 Å². The SMILES string of the molecule is O=C(Nc1cccc(-c2cc3ccccc3[nH]2)c1)C1CCCN(Cc2ccn[nH]2)C1. The first kappa shape index (κ1) is 18.6. The second-order valence-electron chi connectivity index (χ2n) is 8.00. The number of amides is 1. The largest absolute Gasteiger partial charge is 0.355 e. The third kappa shape index (κ3) is 4.00. The third-order valence-corrected chi connectivity index (χ3v) is 5.80. The highest BCUT2D eigenvalue weighted by molar-refractivity contribution is 5.94. The number of benzene rings is 2. The van der Waals surface area contributed by atoms with Gasteiger partial charge in [-0.1, -0.05) is 30.3 Å². The number of rotatable bonds is 5. The molecule has 6 nitrogen and oxygen atoms in total. The summed E-state index contributed by atoms with van der Waals surface area (Å²) >= 11 is 0. The zero-order valence-electron chi connectivity index (χ0n) is 16.8. The van der Waals surface area contributed by atoms with E-state index in [0.29, 0.717) is 0 Å². The Labute approximate surface area is 175 Å². The molecule has 0 aliphatic carbocycles. The van der Waals surface area contributed by atoms with Crippen LogP contribution in [0.1, 0.15) is 18.5 Å². The van der Waals surface area contributed by atoms with Crippen molar-refractivity contribution in [3.05, 3.63) is 72.6 Å². The van der Waals surface area contributed by atoms with Crippen molar-refractivity contribution in [1.29, 1.82) is 0 Å². The predicted octanol–water partition coefficient (Wildman–Crippen LogP) is 4.41. The van der Waals surface area contributed by atoms with Crippen LogP contribution in [0, 0.1) is 5.92 Å². The minimum absolute atomic E-state index is 0.00148. The molecule has 0 bridgehead atoms. The molecule has 2 aromatic carbocycles. The average molecular weight is 399 g/mol. The highest BCUT2D eigenvalue weighted by atomic mass is 16.1. The number of likely N-dealkylation sites (tertiary alicyclic amines) is 1. The summed E-state index contributed by atoms with van der Waals surface area (Å²) in [6, 6.07) is 20.4. The Balaban J connectivity index is 1.27. The molecule has 4 aromatic rings. The maximum atomic E-state index is 12.9. The fraction of sp³-hybridized carbons (Fsp3) is 0.250. The van der Waals surface area contributed by atoms with Gasteiger partial charge in [-0.25, -0.2) is 0 Å². The molecule has 152 valence electrons. The number of nitrogens with zero attached hydrogens (tertiary/aromatic N) is 2. The quantitative estimate of drug-likeness (QED) is 0.465. The number of piperidine rings is 1. The summed E-state index contributed by atoms with van der Waals surface area (Å²) in [5.41, 5.74) is 5.15. The highest BCUT2D eigenvalue weighted by Gasteiger charge is 2.26. The van der Waals surface area contributed by atoms with Crippen molar-refractivity contribution in [3.8, 4) is 11.3 Å². The first-order valence-corrected chi connectivity index (χ1v) is 10.4. The number of nitrogens with one attached hydrogen (secondary N) is 3. The lowest BCUT2D eigenvalue weighted by molar-refractivity contribution is -0.121.